The Hall–Kier alpha value is -1.37. The van der Waals surface area contributed by atoms with Crippen LogP contribution in [0.3, 0.4) is 0 Å². The molecule has 1 aromatic rings. The number of aromatic nitrogens is 2. The molecule has 0 saturated heterocycles. The summed E-state index contributed by atoms with van der Waals surface area (Å²) in [5, 5.41) is 7.05. The number of carbonyl (C=O) groups is 1. The van der Waals surface area contributed by atoms with E-state index >= 15 is 0 Å². The lowest BCUT2D eigenvalue weighted by molar-refractivity contribution is -0.126. The highest BCUT2D eigenvalue weighted by molar-refractivity contribution is 9.10. The second-order valence-electron chi connectivity index (χ2n) is 5.29. The van der Waals surface area contributed by atoms with Gasteiger partial charge in [-0.1, -0.05) is 6.42 Å². The van der Waals surface area contributed by atoms with Crippen LogP contribution in [0.25, 0.3) is 0 Å². The quantitative estimate of drug-likeness (QED) is 0.875. The molecule has 2 rings (SSSR count). The van der Waals surface area contributed by atoms with Gasteiger partial charge in [-0.15, -0.1) is 0 Å². The molecule has 0 unspecified atom stereocenters. The minimum atomic E-state index is -0.183. The van der Waals surface area contributed by atoms with E-state index in [0.29, 0.717) is 22.6 Å². The first-order valence-electron chi connectivity index (χ1n) is 6.68. The molecule has 1 fully saturated rings. The fourth-order valence-corrected chi connectivity index (χ4v) is 2.40. The van der Waals surface area contributed by atoms with Crippen molar-refractivity contribution in [2.45, 2.75) is 25.8 Å². The summed E-state index contributed by atoms with van der Waals surface area (Å²) < 4.78 is 2.07. The zero-order chi connectivity index (χ0) is 14.7. The molecule has 1 N–H and O–H groups in total. The monoisotopic (exact) mass is 342 g/mol. The molecule has 0 aliphatic heterocycles. The fourth-order valence-electron chi connectivity index (χ4n) is 2.00. The Morgan fingerprint density at radius 1 is 1.55 bits per heavy atom. The van der Waals surface area contributed by atoms with Gasteiger partial charge in [0.25, 0.3) is 5.56 Å². The number of halogens is 1. The van der Waals surface area contributed by atoms with Crippen LogP contribution in [0.15, 0.2) is 15.5 Å². The van der Waals surface area contributed by atoms with Crippen LogP contribution in [0.2, 0.25) is 0 Å². The van der Waals surface area contributed by atoms with E-state index in [1.165, 1.54) is 16.0 Å². The van der Waals surface area contributed by atoms with Gasteiger partial charge in [-0.25, -0.2) is 4.68 Å². The van der Waals surface area contributed by atoms with Crippen LogP contribution in [0.1, 0.15) is 19.3 Å². The molecule has 1 heterocycles. The van der Waals surface area contributed by atoms with Crippen molar-refractivity contribution >= 4 is 27.5 Å². The van der Waals surface area contributed by atoms with E-state index < -0.39 is 0 Å². The van der Waals surface area contributed by atoms with E-state index in [0.717, 1.165) is 12.8 Å². The molecular formula is C13H19BrN4O2. The van der Waals surface area contributed by atoms with Crippen molar-refractivity contribution in [2.75, 3.05) is 26.0 Å². The molecule has 6 nitrogen and oxygen atoms in total. The molecule has 7 heteroatoms. The first kappa shape index (κ1) is 15.0. The lowest BCUT2D eigenvalue weighted by atomic mass is 9.85. The Bertz CT molecular complexity index is 552. The summed E-state index contributed by atoms with van der Waals surface area (Å²) >= 11 is 3.30. The number of rotatable bonds is 5. The van der Waals surface area contributed by atoms with E-state index in [-0.39, 0.29) is 18.0 Å². The average molecular weight is 343 g/mol. The Labute approximate surface area is 126 Å². The van der Waals surface area contributed by atoms with Crippen molar-refractivity contribution in [3.63, 3.8) is 0 Å². The first-order valence-corrected chi connectivity index (χ1v) is 7.48. The number of hydrogen-bond donors (Lipinski definition) is 1. The number of hydrogen-bond acceptors (Lipinski definition) is 4. The summed E-state index contributed by atoms with van der Waals surface area (Å²) in [6.45, 7) is 0.747. The van der Waals surface area contributed by atoms with Crippen LogP contribution < -0.4 is 10.9 Å². The number of anilines is 1. The van der Waals surface area contributed by atoms with Crippen molar-refractivity contribution in [3.8, 4) is 0 Å². The van der Waals surface area contributed by atoms with E-state index in [1.54, 1.807) is 20.3 Å². The number of nitrogens with zero attached hydrogens (tertiary/aromatic N) is 3. The molecule has 0 spiro atoms. The van der Waals surface area contributed by atoms with Gasteiger partial charge in [0.1, 0.15) is 5.69 Å². The Kier molecular flexibility index (Phi) is 4.80. The van der Waals surface area contributed by atoms with E-state index in [9.17, 15) is 9.59 Å². The summed E-state index contributed by atoms with van der Waals surface area (Å²) in [4.78, 5) is 25.4. The third-order valence-corrected chi connectivity index (χ3v) is 4.17. The summed E-state index contributed by atoms with van der Waals surface area (Å²) in [5.74, 6) is 0.469. The van der Waals surface area contributed by atoms with Crippen LogP contribution >= 0.6 is 15.9 Å². The average Bonchev–Trinajstić information content (AvgIpc) is 2.35. The SMILES string of the molecule is CN(C)C(=O)CNc1c(Br)cnn(CC2CCC2)c1=O. The largest absolute Gasteiger partial charge is 0.371 e. The van der Waals surface area contributed by atoms with E-state index in [4.69, 9.17) is 0 Å². The molecule has 110 valence electrons. The van der Waals surface area contributed by atoms with E-state index in [1.807, 2.05) is 0 Å². The molecule has 0 radical (unpaired) electrons. The van der Waals surface area contributed by atoms with Gasteiger partial charge in [-0.3, -0.25) is 9.59 Å². The molecule has 0 atom stereocenters. The van der Waals surface area contributed by atoms with Crippen LogP contribution in [0.5, 0.6) is 0 Å². The number of likely N-dealkylation sites (N-methyl/N-ethyl adjacent to an activating group) is 1. The lowest BCUT2D eigenvalue weighted by Gasteiger charge is -2.25. The molecule has 1 saturated carbocycles. The third kappa shape index (κ3) is 3.39. The van der Waals surface area contributed by atoms with Gasteiger partial charge in [0.15, 0.2) is 0 Å². The molecule has 1 amide bonds. The van der Waals surface area contributed by atoms with Gasteiger partial charge in [-0.2, -0.15) is 5.10 Å². The third-order valence-electron chi connectivity index (χ3n) is 3.57. The predicted molar refractivity (Wildman–Crippen MR) is 80.7 cm³/mol. The standard InChI is InChI=1S/C13H19BrN4O2/c1-17(2)11(19)7-15-12-10(14)6-16-18(13(12)20)8-9-4-3-5-9/h6,9,15H,3-5,7-8H2,1-2H3. The van der Waals surface area contributed by atoms with Crippen LogP contribution in [0.4, 0.5) is 5.69 Å². The van der Waals surface area contributed by atoms with Crippen LogP contribution in [-0.2, 0) is 11.3 Å². The summed E-state index contributed by atoms with van der Waals surface area (Å²) in [5.41, 5.74) is 0.215. The summed E-state index contributed by atoms with van der Waals surface area (Å²) in [6, 6.07) is 0. The minimum absolute atomic E-state index is 0.0846. The molecule has 1 aliphatic rings. The summed E-state index contributed by atoms with van der Waals surface area (Å²) in [7, 11) is 3.36. The Morgan fingerprint density at radius 2 is 2.25 bits per heavy atom. The van der Waals surface area contributed by atoms with Gasteiger partial charge < -0.3 is 10.2 Å². The maximum Gasteiger partial charge on any atom is 0.291 e. The predicted octanol–water partition coefficient (Wildman–Crippen LogP) is 1.31. The number of amides is 1. The van der Waals surface area contributed by atoms with Crippen molar-refractivity contribution in [3.05, 3.63) is 21.0 Å². The van der Waals surface area contributed by atoms with Crippen LogP contribution in [-0.4, -0.2) is 41.2 Å². The zero-order valence-corrected chi connectivity index (χ0v) is 13.3. The Morgan fingerprint density at radius 3 is 2.80 bits per heavy atom. The van der Waals surface area contributed by atoms with Gasteiger partial charge in [0.2, 0.25) is 5.91 Å². The minimum Gasteiger partial charge on any atom is -0.371 e. The molecule has 0 bridgehead atoms. The maximum atomic E-state index is 12.3. The molecule has 1 aromatic heterocycles. The smallest absolute Gasteiger partial charge is 0.291 e. The summed E-state index contributed by atoms with van der Waals surface area (Å²) in [6.07, 6.45) is 5.15. The zero-order valence-electron chi connectivity index (χ0n) is 11.7. The highest BCUT2D eigenvalue weighted by Crippen LogP contribution is 2.27. The van der Waals surface area contributed by atoms with Gasteiger partial charge in [0.05, 0.1) is 17.2 Å². The fraction of sp³-hybridized carbons (Fsp3) is 0.615. The van der Waals surface area contributed by atoms with Crippen LogP contribution in [0, 0.1) is 5.92 Å². The normalized spacial score (nSPS) is 14.8. The molecule has 0 aromatic carbocycles. The lowest BCUT2D eigenvalue weighted by Crippen LogP contribution is -2.34. The number of nitrogens with one attached hydrogen (secondary N) is 1. The van der Waals surface area contributed by atoms with Gasteiger partial charge >= 0.3 is 0 Å². The molecular weight excluding hydrogens is 324 g/mol. The highest BCUT2D eigenvalue weighted by atomic mass is 79.9. The first-order chi connectivity index (χ1) is 9.49. The molecule has 20 heavy (non-hydrogen) atoms. The topological polar surface area (TPSA) is 67.2 Å². The van der Waals surface area contributed by atoms with E-state index in [2.05, 4.69) is 26.3 Å². The van der Waals surface area contributed by atoms with Crippen molar-refractivity contribution in [2.24, 2.45) is 5.92 Å². The second-order valence-corrected chi connectivity index (χ2v) is 6.15. The maximum absolute atomic E-state index is 12.3. The molecule has 1 aliphatic carbocycles. The Balaban J connectivity index is 2.12. The van der Waals surface area contributed by atoms with Crippen molar-refractivity contribution in [1.29, 1.82) is 0 Å². The second kappa shape index (κ2) is 6.39. The highest BCUT2D eigenvalue weighted by Gasteiger charge is 2.20. The number of carbonyl (C=O) groups excluding carboxylic acids is 1. The van der Waals surface area contributed by atoms with Crippen molar-refractivity contribution < 1.29 is 4.79 Å². The van der Waals surface area contributed by atoms with Gasteiger partial charge in [-0.05, 0) is 34.7 Å². The van der Waals surface area contributed by atoms with Gasteiger partial charge in [0, 0.05) is 20.6 Å². The van der Waals surface area contributed by atoms with Crippen molar-refractivity contribution in [1.82, 2.24) is 14.7 Å².